The van der Waals surface area contributed by atoms with Gasteiger partial charge in [-0.15, -0.1) is 11.8 Å². The van der Waals surface area contributed by atoms with Crippen LogP contribution < -0.4 is 4.74 Å². The van der Waals surface area contributed by atoms with Gasteiger partial charge < -0.3 is 14.2 Å². The average Bonchev–Trinajstić information content (AvgIpc) is 3.26. The number of hydrogen-bond donors (Lipinski definition) is 0. The fourth-order valence-electron chi connectivity index (χ4n) is 3.60. The molecule has 2 aromatic carbocycles. The van der Waals surface area contributed by atoms with E-state index >= 15 is 0 Å². The summed E-state index contributed by atoms with van der Waals surface area (Å²) in [6, 6.07) is 18.6. The number of benzene rings is 2. The summed E-state index contributed by atoms with van der Waals surface area (Å²) < 4.78 is 17.3. The van der Waals surface area contributed by atoms with Crippen molar-refractivity contribution < 1.29 is 14.2 Å². The van der Waals surface area contributed by atoms with Crippen molar-refractivity contribution in [3.05, 3.63) is 72.3 Å². The molecule has 1 aliphatic heterocycles. The Kier molecular flexibility index (Phi) is 5.63. The SMILES string of the molecule is COc1ccc(COC2C[C@H]3[C@H](C=C[C@H]3CSc3ccccc3)O2)cc1. The molecule has 0 radical (unpaired) electrons. The third-order valence-corrected chi connectivity index (χ3v) is 6.23. The van der Waals surface area contributed by atoms with Crippen LogP contribution >= 0.6 is 11.8 Å². The summed E-state index contributed by atoms with van der Waals surface area (Å²) >= 11 is 1.92. The standard InChI is InChI=1S/C22H24O3S/c1-23-18-10-7-16(8-11-18)14-24-22-13-20-17(9-12-21(20)25-22)15-26-19-5-3-2-4-6-19/h2-12,17,20-22H,13-15H2,1H3/t17-,20+,21-,22?/m0/s1. The van der Waals surface area contributed by atoms with Crippen LogP contribution in [0.3, 0.4) is 0 Å². The number of methoxy groups -OCH3 is 1. The van der Waals surface area contributed by atoms with Crippen LogP contribution in [0.1, 0.15) is 12.0 Å². The van der Waals surface area contributed by atoms with E-state index in [1.807, 2.05) is 36.0 Å². The van der Waals surface area contributed by atoms with Crippen LogP contribution in [0.5, 0.6) is 5.75 Å². The first kappa shape index (κ1) is 17.7. The van der Waals surface area contributed by atoms with E-state index in [2.05, 4.69) is 42.5 Å². The molecule has 0 aromatic heterocycles. The molecule has 0 N–H and O–H groups in total. The molecule has 1 fully saturated rings. The minimum Gasteiger partial charge on any atom is -0.497 e. The summed E-state index contributed by atoms with van der Waals surface area (Å²) in [6.45, 7) is 0.571. The Morgan fingerprint density at radius 1 is 1.04 bits per heavy atom. The van der Waals surface area contributed by atoms with E-state index in [1.165, 1.54) is 4.90 Å². The molecule has 2 aliphatic rings. The van der Waals surface area contributed by atoms with Crippen molar-refractivity contribution in [3.8, 4) is 5.75 Å². The van der Waals surface area contributed by atoms with Crippen LogP contribution in [-0.2, 0) is 16.1 Å². The normalized spacial score (nSPS) is 26.8. The van der Waals surface area contributed by atoms with E-state index in [4.69, 9.17) is 14.2 Å². The van der Waals surface area contributed by atoms with E-state index < -0.39 is 0 Å². The zero-order chi connectivity index (χ0) is 17.8. The summed E-state index contributed by atoms with van der Waals surface area (Å²) in [5.74, 6) is 3.05. The second kappa shape index (κ2) is 8.30. The number of ether oxygens (including phenoxy) is 3. The summed E-state index contributed by atoms with van der Waals surface area (Å²) in [5.41, 5.74) is 1.14. The van der Waals surface area contributed by atoms with E-state index in [0.29, 0.717) is 18.4 Å². The molecule has 2 aromatic rings. The maximum absolute atomic E-state index is 6.09. The maximum atomic E-state index is 6.09. The second-order valence-corrected chi connectivity index (χ2v) is 7.86. The van der Waals surface area contributed by atoms with Crippen molar-refractivity contribution in [1.82, 2.24) is 0 Å². The van der Waals surface area contributed by atoms with Crippen molar-refractivity contribution in [2.24, 2.45) is 11.8 Å². The van der Waals surface area contributed by atoms with Gasteiger partial charge in [0.2, 0.25) is 0 Å². The summed E-state index contributed by atoms with van der Waals surface area (Å²) in [7, 11) is 1.68. The molecular weight excluding hydrogens is 344 g/mol. The lowest BCUT2D eigenvalue weighted by atomic mass is 9.94. The molecule has 0 bridgehead atoms. The lowest BCUT2D eigenvalue weighted by molar-refractivity contribution is -0.132. The van der Waals surface area contributed by atoms with E-state index in [0.717, 1.165) is 23.5 Å². The summed E-state index contributed by atoms with van der Waals surface area (Å²) in [6.07, 6.45) is 5.61. The number of rotatable bonds is 7. The minimum absolute atomic E-state index is 0.110. The van der Waals surface area contributed by atoms with Gasteiger partial charge >= 0.3 is 0 Å². The topological polar surface area (TPSA) is 27.7 Å². The predicted molar refractivity (Wildman–Crippen MR) is 104 cm³/mol. The molecule has 0 spiro atoms. The van der Waals surface area contributed by atoms with E-state index in [9.17, 15) is 0 Å². The van der Waals surface area contributed by atoms with Gasteiger partial charge in [-0.1, -0.05) is 42.5 Å². The molecule has 0 saturated carbocycles. The quantitative estimate of drug-likeness (QED) is 0.512. The molecule has 0 amide bonds. The van der Waals surface area contributed by atoms with Crippen LogP contribution in [0, 0.1) is 11.8 Å². The van der Waals surface area contributed by atoms with Gasteiger partial charge in [0.25, 0.3) is 0 Å². The van der Waals surface area contributed by atoms with Crippen molar-refractivity contribution >= 4 is 11.8 Å². The Morgan fingerprint density at radius 3 is 2.62 bits per heavy atom. The molecule has 3 nitrogen and oxygen atoms in total. The van der Waals surface area contributed by atoms with Gasteiger partial charge in [-0.25, -0.2) is 0 Å². The van der Waals surface area contributed by atoms with Crippen molar-refractivity contribution in [1.29, 1.82) is 0 Å². The number of fused-ring (bicyclic) bond motifs is 1. The van der Waals surface area contributed by atoms with Crippen molar-refractivity contribution in [3.63, 3.8) is 0 Å². The predicted octanol–water partition coefficient (Wildman–Crippen LogP) is 4.92. The fraction of sp³-hybridized carbons (Fsp3) is 0.364. The Hall–Kier alpha value is -1.75. The Bertz CT molecular complexity index is 729. The maximum Gasteiger partial charge on any atom is 0.159 e. The van der Waals surface area contributed by atoms with E-state index in [1.54, 1.807) is 7.11 Å². The van der Waals surface area contributed by atoms with Crippen LogP contribution in [0.25, 0.3) is 0 Å². The molecular formula is C22H24O3S. The second-order valence-electron chi connectivity index (χ2n) is 6.76. The first-order chi connectivity index (χ1) is 12.8. The minimum atomic E-state index is -0.110. The van der Waals surface area contributed by atoms with Gasteiger partial charge in [-0.2, -0.15) is 0 Å². The van der Waals surface area contributed by atoms with E-state index in [-0.39, 0.29) is 12.4 Å². The molecule has 1 aliphatic carbocycles. The average molecular weight is 368 g/mol. The lowest BCUT2D eigenvalue weighted by Crippen LogP contribution is -2.16. The van der Waals surface area contributed by atoms with Crippen molar-refractivity contribution in [2.45, 2.75) is 30.3 Å². The number of hydrogen-bond acceptors (Lipinski definition) is 4. The molecule has 26 heavy (non-hydrogen) atoms. The van der Waals surface area contributed by atoms with Crippen LogP contribution in [0.15, 0.2) is 71.6 Å². The molecule has 136 valence electrons. The van der Waals surface area contributed by atoms with Gasteiger partial charge in [-0.05, 0) is 35.7 Å². The Balaban J connectivity index is 1.26. The zero-order valence-corrected chi connectivity index (χ0v) is 15.7. The fourth-order valence-corrected chi connectivity index (χ4v) is 4.69. The monoisotopic (exact) mass is 368 g/mol. The number of allylic oxidation sites excluding steroid dienone is 1. The van der Waals surface area contributed by atoms with Gasteiger partial charge in [0, 0.05) is 23.0 Å². The lowest BCUT2D eigenvalue weighted by Gasteiger charge is -2.16. The van der Waals surface area contributed by atoms with Crippen LogP contribution in [0.2, 0.25) is 0 Å². The van der Waals surface area contributed by atoms with Gasteiger partial charge in [-0.3, -0.25) is 0 Å². The number of thioether (sulfide) groups is 1. The zero-order valence-electron chi connectivity index (χ0n) is 14.9. The molecule has 4 atom stereocenters. The first-order valence-electron chi connectivity index (χ1n) is 9.08. The third kappa shape index (κ3) is 4.14. The highest BCUT2D eigenvalue weighted by Crippen LogP contribution is 2.41. The highest BCUT2D eigenvalue weighted by molar-refractivity contribution is 7.99. The third-order valence-electron chi connectivity index (χ3n) is 5.07. The summed E-state index contributed by atoms with van der Waals surface area (Å²) in [5, 5.41) is 0. The smallest absolute Gasteiger partial charge is 0.159 e. The molecule has 1 heterocycles. The largest absolute Gasteiger partial charge is 0.497 e. The van der Waals surface area contributed by atoms with Gasteiger partial charge in [0.1, 0.15) is 5.75 Å². The highest BCUT2D eigenvalue weighted by atomic mass is 32.2. The molecule has 4 rings (SSSR count). The van der Waals surface area contributed by atoms with Gasteiger partial charge in [0.15, 0.2) is 6.29 Å². The molecule has 1 unspecified atom stereocenters. The van der Waals surface area contributed by atoms with Crippen molar-refractivity contribution in [2.75, 3.05) is 12.9 Å². The van der Waals surface area contributed by atoms with Crippen LogP contribution in [0.4, 0.5) is 0 Å². The summed E-state index contributed by atoms with van der Waals surface area (Å²) in [4.78, 5) is 1.33. The highest BCUT2D eigenvalue weighted by Gasteiger charge is 2.41. The molecule has 4 heteroatoms. The van der Waals surface area contributed by atoms with Crippen LogP contribution in [-0.4, -0.2) is 25.3 Å². The Morgan fingerprint density at radius 2 is 1.85 bits per heavy atom. The Labute approximate surface area is 159 Å². The first-order valence-corrected chi connectivity index (χ1v) is 10.1. The molecule has 1 saturated heterocycles. The van der Waals surface area contributed by atoms with Gasteiger partial charge in [0.05, 0.1) is 19.8 Å².